The van der Waals surface area contributed by atoms with Crippen molar-refractivity contribution in [3.05, 3.63) is 76.9 Å². The Morgan fingerprint density at radius 3 is 2.31 bits per heavy atom. The number of fused-ring (bicyclic) bond motifs is 1. The van der Waals surface area contributed by atoms with E-state index < -0.39 is 0 Å². The first-order chi connectivity index (χ1) is 14.0. The Bertz CT molecular complexity index is 1220. The highest BCUT2D eigenvalue weighted by Gasteiger charge is 2.07. The Labute approximate surface area is 168 Å². The third-order valence-corrected chi connectivity index (χ3v) is 4.53. The van der Waals surface area contributed by atoms with Crippen molar-refractivity contribution in [3.8, 4) is 17.1 Å². The highest BCUT2D eigenvalue weighted by atomic mass is 16.5. The lowest BCUT2D eigenvalue weighted by molar-refractivity contribution is 0.415. The van der Waals surface area contributed by atoms with Crippen molar-refractivity contribution < 1.29 is 9.15 Å². The molecule has 0 aliphatic heterocycles. The number of hydrogen-bond donors (Lipinski definition) is 1. The van der Waals surface area contributed by atoms with Crippen molar-refractivity contribution in [1.82, 2.24) is 9.97 Å². The summed E-state index contributed by atoms with van der Waals surface area (Å²) in [6, 6.07) is 17.6. The van der Waals surface area contributed by atoms with Crippen molar-refractivity contribution in [3.63, 3.8) is 0 Å². The third-order valence-electron chi connectivity index (χ3n) is 4.53. The smallest absolute Gasteiger partial charge is 0.243 e. The summed E-state index contributed by atoms with van der Waals surface area (Å²) in [5.74, 6) is 1.98. The van der Waals surface area contributed by atoms with Crippen LogP contribution in [-0.4, -0.2) is 17.1 Å². The van der Waals surface area contributed by atoms with E-state index in [9.17, 15) is 0 Å². The second-order valence-corrected chi connectivity index (χ2v) is 6.92. The number of hydrogen-bond acceptors (Lipinski definition) is 6. The Morgan fingerprint density at radius 1 is 0.897 bits per heavy atom. The molecule has 0 fully saturated rings. The van der Waals surface area contributed by atoms with Crippen LogP contribution < -0.4 is 15.5 Å². The molecule has 6 nitrogen and oxygen atoms in total. The minimum absolute atomic E-state index is 0.468. The van der Waals surface area contributed by atoms with E-state index in [4.69, 9.17) is 9.15 Å². The number of benzene rings is 2. The first kappa shape index (κ1) is 18.7. The first-order valence-corrected chi connectivity index (χ1v) is 9.33. The van der Waals surface area contributed by atoms with Crippen molar-refractivity contribution in [2.45, 2.75) is 20.8 Å². The van der Waals surface area contributed by atoms with E-state index in [0.717, 1.165) is 44.6 Å². The highest BCUT2D eigenvalue weighted by molar-refractivity contribution is 5.79. The van der Waals surface area contributed by atoms with Crippen LogP contribution in [0.1, 0.15) is 17.0 Å². The highest BCUT2D eigenvalue weighted by Crippen LogP contribution is 2.24. The zero-order chi connectivity index (χ0) is 20.4. The maximum atomic E-state index is 6.15. The van der Waals surface area contributed by atoms with Gasteiger partial charge < -0.3 is 9.15 Å². The summed E-state index contributed by atoms with van der Waals surface area (Å²) in [6.45, 7) is 5.91. The Morgan fingerprint density at radius 2 is 1.62 bits per heavy atom. The van der Waals surface area contributed by atoms with Gasteiger partial charge in [-0.05, 0) is 63.2 Å². The van der Waals surface area contributed by atoms with Gasteiger partial charge in [0.05, 0.1) is 12.5 Å². The number of nitrogens with one attached hydrogen (secondary N) is 1. The van der Waals surface area contributed by atoms with Crippen LogP contribution in [0.2, 0.25) is 0 Å². The van der Waals surface area contributed by atoms with Gasteiger partial charge in [0.1, 0.15) is 17.1 Å². The molecule has 4 rings (SSSR count). The number of nitrogens with zero attached hydrogens (tertiary/aromatic N) is 3. The molecule has 1 N–H and O–H groups in total. The molecule has 0 aliphatic rings. The predicted molar refractivity (Wildman–Crippen MR) is 114 cm³/mol. The normalized spacial score (nSPS) is 11.7. The Balaban J connectivity index is 1.84. The van der Waals surface area contributed by atoms with Crippen LogP contribution in [0, 0.1) is 20.8 Å². The van der Waals surface area contributed by atoms with Crippen LogP contribution in [-0.2, 0) is 0 Å². The largest absolute Gasteiger partial charge is 0.497 e. The zero-order valence-corrected chi connectivity index (χ0v) is 16.9. The minimum Gasteiger partial charge on any atom is -0.497 e. The van der Waals surface area contributed by atoms with E-state index in [1.165, 1.54) is 0 Å². The van der Waals surface area contributed by atoms with E-state index >= 15 is 0 Å². The van der Waals surface area contributed by atoms with E-state index in [1.807, 2.05) is 69.3 Å². The lowest BCUT2D eigenvalue weighted by atomic mass is 10.1. The SMILES string of the molecule is COc1ccc(-c2cc(=NNc3nc(C)cc(C)n3)c3cc(C)ccc3o2)cc1. The lowest BCUT2D eigenvalue weighted by Gasteiger charge is -2.07. The van der Waals surface area contributed by atoms with Crippen molar-refractivity contribution in [2.24, 2.45) is 5.10 Å². The lowest BCUT2D eigenvalue weighted by Crippen LogP contribution is -2.09. The fourth-order valence-electron chi connectivity index (χ4n) is 3.16. The monoisotopic (exact) mass is 386 g/mol. The molecule has 2 aromatic carbocycles. The molecule has 2 aromatic heterocycles. The van der Waals surface area contributed by atoms with Gasteiger partial charge >= 0.3 is 0 Å². The minimum atomic E-state index is 0.468. The number of aryl methyl sites for hydroxylation is 3. The molecule has 146 valence electrons. The number of rotatable bonds is 4. The molecule has 0 atom stereocenters. The molecule has 6 heteroatoms. The number of anilines is 1. The molecule has 0 unspecified atom stereocenters. The average molecular weight is 386 g/mol. The Kier molecular flexibility index (Phi) is 4.99. The predicted octanol–water partition coefficient (Wildman–Crippen LogP) is 4.75. The van der Waals surface area contributed by atoms with E-state index in [0.29, 0.717) is 11.7 Å². The van der Waals surface area contributed by atoms with Crippen LogP contribution >= 0.6 is 0 Å². The topological polar surface area (TPSA) is 72.5 Å². The summed E-state index contributed by atoms with van der Waals surface area (Å²) < 4.78 is 11.4. The summed E-state index contributed by atoms with van der Waals surface area (Å²) in [6.07, 6.45) is 0. The average Bonchev–Trinajstić information content (AvgIpc) is 2.71. The van der Waals surface area contributed by atoms with Gasteiger partial charge in [0.25, 0.3) is 0 Å². The molecule has 0 radical (unpaired) electrons. The van der Waals surface area contributed by atoms with Gasteiger partial charge in [0.15, 0.2) is 0 Å². The van der Waals surface area contributed by atoms with Gasteiger partial charge in [-0.1, -0.05) is 11.6 Å². The first-order valence-electron chi connectivity index (χ1n) is 9.33. The quantitative estimate of drug-likeness (QED) is 0.512. The summed E-state index contributed by atoms with van der Waals surface area (Å²) in [5.41, 5.74) is 7.59. The fourth-order valence-corrected chi connectivity index (χ4v) is 3.16. The summed E-state index contributed by atoms with van der Waals surface area (Å²) in [4.78, 5) is 8.79. The molecule has 0 bridgehead atoms. The van der Waals surface area contributed by atoms with Gasteiger partial charge in [-0.2, -0.15) is 5.10 Å². The molecular weight excluding hydrogens is 364 g/mol. The summed E-state index contributed by atoms with van der Waals surface area (Å²) in [5, 5.41) is 6.26. The van der Waals surface area contributed by atoms with Crippen molar-refractivity contribution >= 4 is 16.9 Å². The molecule has 4 aromatic rings. The second-order valence-electron chi connectivity index (χ2n) is 6.92. The van der Waals surface area contributed by atoms with Gasteiger partial charge in [-0.25, -0.2) is 15.4 Å². The standard InChI is InChI=1S/C23H22N4O2/c1-14-5-10-21-19(11-14)20(26-27-23-24-15(2)12-16(3)25-23)13-22(29-21)17-6-8-18(28-4)9-7-17/h5-13H,1-4H3,(H,24,25,27). The maximum absolute atomic E-state index is 6.15. The molecule has 0 aliphatic carbocycles. The molecule has 0 saturated heterocycles. The van der Waals surface area contributed by atoms with Crippen LogP contribution in [0.3, 0.4) is 0 Å². The van der Waals surface area contributed by atoms with Gasteiger partial charge in [0, 0.05) is 28.4 Å². The fraction of sp³-hybridized carbons (Fsp3) is 0.174. The van der Waals surface area contributed by atoms with Crippen LogP contribution in [0.15, 0.2) is 64.1 Å². The summed E-state index contributed by atoms with van der Waals surface area (Å²) >= 11 is 0. The van der Waals surface area contributed by atoms with Crippen molar-refractivity contribution in [1.29, 1.82) is 0 Å². The second kappa shape index (κ2) is 7.75. The number of ether oxygens (including phenoxy) is 1. The van der Waals surface area contributed by atoms with Gasteiger partial charge in [-0.3, -0.25) is 0 Å². The molecule has 2 heterocycles. The van der Waals surface area contributed by atoms with E-state index in [1.54, 1.807) is 7.11 Å². The van der Waals surface area contributed by atoms with E-state index in [-0.39, 0.29) is 0 Å². The Hall–Kier alpha value is -3.67. The van der Waals surface area contributed by atoms with Crippen LogP contribution in [0.5, 0.6) is 5.75 Å². The van der Waals surface area contributed by atoms with E-state index in [2.05, 4.69) is 26.6 Å². The van der Waals surface area contributed by atoms with Crippen LogP contribution in [0.4, 0.5) is 5.95 Å². The zero-order valence-electron chi connectivity index (χ0n) is 16.9. The van der Waals surface area contributed by atoms with Crippen LogP contribution in [0.25, 0.3) is 22.3 Å². The molecular formula is C23H22N4O2. The summed E-state index contributed by atoms with van der Waals surface area (Å²) in [7, 11) is 1.65. The van der Waals surface area contributed by atoms with Crippen molar-refractivity contribution in [2.75, 3.05) is 12.5 Å². The molecule has 0 saturated carbocycles. The number of aromatic nitrogens is 2. The molecule has 0 amide bonds. The third kappa shape index (κ3) is 4.11. The van der Waals surface area contributed by atoms with Gasteiger partial charge in [0.2, 0.25) is 5.95 Å². The van der Waals surface area contributed by atoms with Gasteiger partial charge in [-0.15, -0.1) is 0 Å². The maximum Gasteiger partial charge on any atom is 0.243 e. The molecule has 29 heavy (non-hydrogen) atoms. The number of methoxy groups -OCH3 is 1. The molecule has 0 spiro atoms.